The van der Waals surface area contributed by atoms with E-state index in [1.54, 1.807) is 6.20 Å². The van der Waals surface area contributed by atoms with E-state index in [4.69, 9.17) is 5.73 Å². The fraction of sp³-hybridized carbons (Fsp3) is 0.643. The topological polar surface area (TPSA) is 62.4 Å². The average molecular weight is 328 g/mol. The summed E-state index contributed by atoms with van der Waals surface area (Å²) in [5.41, 5.74) is 7.60. The van der Waals surface area contributed by atoms with Gasteiger partial charge in [0.25, 0.3) is 0 Å². The Morgan fingerprint density at radius 3 is 2.74 bits per heavy atom. The predicted octanol–water partition coefficient (Wildman–Crippen LogP) is 2.87. The Labute approximate surface area is 123 Å². The first-order chi connectivity index (χ1) is 9.15. The molecule has 0 saturated heterocycles. The van der Waals surface area contributed by atoms with E-state index in [-0.39, 0.29) is 6.61 Å². The Kier molecular flexibility index (Phi) is 5.05. The van der Waals surface area contributed by atoms with Gasteiger partial charge in [-0.25, -0.2) is 4.98 Å². The third kappa shape index (κ3) is 3.20. The van der Waals surface area contributed by atoms with Gasteiger partial charge in [0.1, 0.15) is 5.82 Å². The van der Waals surface area contributed by atoms with Gasteiger partial charge in [-0.1, -0.05) is 19.3 Å². The average Bonchev–Trinajstić information content (AvgIpc) is 2.44. The molecule has 0 bridgehead atoms. The number of pyridine rings is 1. The van der Waals surface area contributed by atoms with Gasteiger partial charge in [-0.2, -0.15) is 0 Å². The number of aromatic nitrogens is 1. The molecule has 1 aliphatic carbocycles. The molecule has 1 heterocycles. The van der Waals surface area contributed by atoms with Crippen LogP contribution < -0.4 is 10.6 Å². The van der Waals surface area contributed by atoms with Crippen molar-refractivity contribution in [3.05, 3.63) is 16.2 Å². The van der Waals surface area contributed by atoms with E-state index >= 15 is 0 Å². The van der Waals surface area contributed by atoms with Crippen molar-refractivity contribution in [1.82, 2.24) is 4.98 Å². The molecular formula is C14H22BrN3O. The summed E-state index contributed by atoms with van der Waals surface area (Å²) in [6, 6.07) is 0.479. The summed E-state index contributed by atoms with van der Waals surface area (Å²) in [5, 5.41) is 9.33. The number of nitrogens with two attached hydrogens (primary N) is 1. The number of aliphatic hydroxyl groups is 1. The summed E-state index contributed by atoms with van der Waals surface area (Å²) in [6.07, 6.45) is 7.91. The van der Waals surface area contributed by atoms with Crippen LogP contribution in [-0.2, 0) is 0 Å². The summed E-state index contributed by atoms with van der Waals surface area (Å²) in [5.74, 6) is 0.910. The highest BCUT2D eigenvalue weighted by molar-refractivity contribution is 9.10. The standard InChI is InChI=1S/C14H22BrN3O/c1-10-12(16)9-17-14(13(10)15)18(7-8-19)11-5-3-2-4-6-11/h9,11,19H,2-8,16H2,1H3. The van der Waals surface area contributed by atoms with E-state index in [1.807, 2.05) is 6.92 Å². The smallest absolute Gasteiger partial charge is 0.143 e. The SMILES string of the molecule is Cc1c(N)cnc(N(CCO)C2CCCCC2)c1Br. The third-order valence-electron chi connectivity index (χ3n) is 3.91. The van der Waals surface area contributed by atoms with Crippen LogP contribution in [0.1, 0.15) is 37.7 Å². The van der Waals surface area contributed by atoms with Crippen molar-refractivity contribution in [1.29, 1.82) is 0 Å². The second kappa shape index (κ2) is 6.57. The van der Waals surface area contributed by atoms with E-state index < -0.39 is 0 Å². The number of anilines is 2. The Balaban J connectivity index is 2.30. The first-order valence-corrected chi connectivity index (χ1v) is 7.72. The highest BCUT2D eigenvalue weighted by atomic mass is 79.9. The molecule has 1 aromatic heterocycles. The highest BCUT2D eigenvalue weighted by Crippen LogP contribution is 2.34. The molecule has 1 saturated carbocycles. The van der Waals surface area contributed by atoms with Gasteiger partial charge in [0, 0.05) is 12.6 Å². The fourth-order valence-electron chi connectivity index (χ4n) is 2.74. The summed E-state index contributed by atoms with van der Waals surface area (Å²) >= 11 is 3.60. The van der Waals surface area contributed by atoms with Crippen molar-refractivity contribution in [2.45, 2.75) is 45.1 Å². The van der Waals surface area contributed by atoms with Crippen molar-refractivity contribution in [3.63, 3.8) is 0 Å². The molecule has 1 aliphatic rings. The van der Waals surface area contributed by atoms with Crippen LogP contribution in [0.5, 0.6) is 0 Å². The molecule has 0 amide bonds. The van der Waals surface area contributed by atoms with Gasteiger partial charge in [-0.15, -0.1) is 0 Å². The molecule has 0 spiro atoms. The molecule has 0 unspecified atom stereocenters. The Morgan fingerprint density at radius 2 is 2.11 bits per heavy atom. The second-order valence-corrected chi connectivity index (χ2v) is 5.98. The lowest BCUT2D eigenvalue weighted by molar-refractivity contribution is 0.289. The summed E-state index contributed by atoms with van der Waals surface area (Å²) < 4.78 is 0.950. The Hall–Kier alpha value is -0.810. The summed E-state index contributed by atoms with van der Waals surface area (Å²) in [4.78, 5) is 6.71. The molecular weight excluding hydrogens is 306 g/mol. The van der Waals surface area contributed by atoms with Gasteiger partial charge in [-0.3, -0.25) is 0 Å². The molecule has 0 atom stereocenters. The van der Waals surface area contributed by atoms with Crippen LogP contribution in [0, 0.1) is 6.92 Å². The molecule has 5 heteroatoms. The Morgan fingerprint density at radius 1 is 1.42 bits per heavy atom. The van der Waals surface area contributed by atoms with Crippen molar-refractivity contribution in [3.8, 4) is 0 Å². The van der Waals surface area contributed by atoms with Gasteiger partial charge < -0.3 is 15.7 Å². The zero-order chi connectivity index (χ0) is 13.8. The molecule has 0 aliphatic heterocycles. The third-order valence-corrected chi connectivity index (χ3v) is 4.86. The molecule has 2 rings (SSSR count). The van der Waals surface area contributed by atoms with Gasteiger partial charge in [0.2, 0.25) is 0 Å². The summed E-state index contributed by atoms with van der Waals surface area (Å²) in [6.45, 7) is 2.76. The van der Waals surface area contributed by atoms with Crippen LogP contribution in [-0.4, -0.2) is 29.3 Å². The number of hydrogen-bond donors (Lipinski definition) is 2. The first kappa shape index (κ1) is 14.6. The molecule has 19 heavy (non-hydrogen) atoms. The largest absolute Gasteiger partial charge is 0.397 e. The van der Waals surface area contributed by atoms with E-state index in [2.05, 4.69) is 25.8 Å². The lowest BCUT2D eigenvalue weighted by Crippen LogP contribution is -2.39. The summed E-state index contributed by atoms with van der Waals surface area (Å²) in [7, 11) is 0. The number of rotatable bonds is 4. The number of hydrogen-bond acceptors (Lipinski definition) is 4. The zero-order valence-electron chi connectivity index (χ0n) is 11.4. The molecule has 0 aromatic carbocycles. The van der Waals surface area contributed by atoms with Crippen LogP contribution >= 0.6 is 15.9 Å². The van der Waals surface area contributed by atoms with Gasteiger partial charge in [0.15, 0.2) is 0 Å². The number of aliphatic hydroxyl groups excluding tert-OH is 1. The Bertz CT molecular complexity index is 433. The van der Waals surface area contributed by atoms with Crippen LogP contribution in [0.25, 0.3) is 0 Å². The lowest BCUT2D eigenvalue weighted by Gasteiger charge is -2.35. The molecule has 106 valence electrons. The fourth-order valence-corrected chi connectivity index (χ4v) is 3.30. The molecule has 4 nitrogen and oxygen atoms in total. The molecule has 0 radical (unpaired) electrons. The van der Waals surface area contributed by atoms with Gasteiger partial charge in [-0.05, 0) is 41.3 Å². The lowest BCUT2D eigenvalue weighted by atomic mass is 9.94. The van der Waals surface area contributed by atoms with Gasteiger partial charge in [0.05, 0.1) is 23.0 Å². The van der Waals surface area contributed by atoms with E-state index in [1.165, 1.54) is 32.1 Å². The van der Waals surface area contributed by atoms with Crippen molar-refractivity contribution in [2.75, 3.05) is 23.8 Å². The van der Waals surface area contributed by atoms with Crippen molar-refractivity contribution in [2.24, 2.45) is 0 Å². The maximum absolute atomic E-state index is 9.33. The second-order valence-electron chi connectivity index (χ2n) is 5.18. The molecule has 1 aromatic rings. The monoisotopic (exact) mass is 327 g/mol. The van der Waals surface area contributed by atoms with Crippen molar-refractivity contribution >= 4 is 27.4 Å². The quantitative estimate of drug-likeness (QED) is 0.892. The highest BCUT2D eigenvalue weighted by Gasteiger charge is 2.24. The minimum Gasteiger partial charge on any atom is -0.397 e. The predicted molar refractivity (Wildman–Crippen MR) is 82.4 cm³/mol. The van der Waals surface area contributed by atoms with E-state index in [0.717, 1.165) is 15.9 Å². The van der Waals surface area contributed by atoms with E-state index in [0.29, 0.717) is 18.3 Å². The van der Waals surface area contributed by atoms with Crippen LogP contribution in [0.3, 0.4) is 0 Å². The van der Waals surface area contributed by atoms with Crippen LogP contribution in [0.2, 0.25) is 0 Å². The first-order valence-electron chi connectivity index (χ1n) is 6.93. The van der Waals surface area contributed by atoms with Gasteiger partial charge >= 0.3 is 0 Å². The van der Waals surface area contributed by atoms with Crippen LogP contribution in [0.4, 0.5) is 11.5 Å². The van der Waals surface area contributed by atoms with Crippen LogP contribution in [0.15, 0.2) is 10.7 Å². The maximum atomic E-state index is 9.33. The number of nitrogens with zero attached hydrogens (tertiary/aromatic N) is 2. The normalized spacial score (nSPS) is 16.6. The molecule has 3 N–H and O–H groups in total. The number of halogens is 1. The molecule has 1 fully saturated rings. The number of nitrogen functional groups attached to an aromatic ring is 1. The van der Waals surface area contributed by atoms with Crippen molar-refractivity contribution < 1.29 is 5.11 Å². The maximum Gasteiger partial charge on any atom is 0.143 e. The minimum atomic E-state index is 0.147. The minimum absolute atomic E-state index is 0.147. The zero-order valence-corrected chi connectivity index (χ0v) is 13.0. The van der Waals surface area contributed by atoms with E-state index in [9.17, 15) is 5.11 Å².